The zero-order valence-corrected chi connectivity index (χ0v) is 15.3. The van der Waals surface area contributed by atoms with Gasteiger partial charge < -0.3 is 10.2 Å². The highest BCUT2D eigenvalue weighted by molar-refractivity contribution is 8.00. The first-order valence-corrected chi connectivity index (χ1v) is 9.24. The summed E-state index contributed by atoms with van der Waals surface area (Å²) in [5.74, 6) is -0.229. The summed E-state index contributed by atoms with van der Waals surface area (Å²) >= 11 is -0.201. The molecule has 144 valence electrons. The van der Waals surface area contributed by atoms with Crippen molar-refractivity contribution in [3.05, 3.63) is 29.8 Å². The summed E-state index contributed by atoms with van der Waals surface area (Å²) in [7, 11) is 0. The van der Waals surface area contributed by atoms with E-state index < -0.39 is 5.51 Å². The van der Waals surface area contributed by atoms with Crippen molar-refractivity contribution in [1.82, 2.24) is 15.1 Å². The first kappa shape index (κ1) is 20.6. The molecule has 1 heterocycles. The lowest BCUT2D eigenvalue weighted by atomic mass is 10.2. The molecular weight excluding hydrogens is 367 g/mol. The Balaban J connectivity index is 1.83. The van der Waals surface area contributed by atoms with Gasteiger partial charge in [0.1, 0.15) is 0 Å². The Morgan fingerprint density at radius 3 is 2.27 bits per heavy atom. The molecule has 0 saturated carbocycles. The summed E-state index contributed by atoms with van der Waals surface area (Å²) in [6.07, 6.45) is 0.883. The molecule has 1 aromatic rings. The van der Waals surface area contributed by atoms with E-state index in [2.05, 4.69) is 5.32 Å². The lowest BCUT2D eigenvalue weighted by Gasteiger charge is -2.34. The van der Waals surface area contributed by atoms with Crippen LogP contribution in [0.1, 0.15) is 23.7 Å². The maximum Gasteiger partial charge on any atom is 0.446 e. The Labute approximate surface area is 154 Å². The Hall–Kier alpha value is -1.74. The average Bonchev–Trinajstić information content (AvgIpc) is 2.59. The fourth-order valence-electron chi connectivity index (χ4n) is 2.61. The molecule has 1 aliphatic heterocycles. The number of nitrogens with zero attached hydrogens (tertiary/aromatic N) is 2. The second kappa shape index (κ2) is 9.27. The molecule has 5 nitrogen and oxygen atoms in total. The normalized spacial score (nSPS) is 15.8. The number of hydrogen-bond acceptors (Lipinski definition) is 4. The smallest absolute Gasteiger partial charge is 0.355 e. The maximum absolute atomic E-state index is 12.5. The minimum Gasteiger partial charge on any atom is -0.355 e. The van der Waals surface area contributed by atoms with Gasteiger partial charge in [0, 0.05) is 43.2 Å². The van der Waals surface area contributed by atoms with Gasteiger partial charge in [0.05, 0.1) is 6.54 Å². The molecule has 2 rings (SSSR count). The summed E-state index contributed by atoms with van der Waals surface area (Å²) in [6.45, 7) is 5.10. The summed E-state index contributed by atoms with van der Waals surface area (Å²) in [5.41, 5.74) is -3.98. The van der Waals surface area contributed by atoms with Gasteiger partial charge in [-0.2, -0.15) is 13.2 Å². The molecule has 0 radical (unpaired) electrons. The Morgan fingerprint density at radius 2 is 1.73 bits per heavy atom. The van der Waals surface area contributed by atoms with Crippen molar-refractivity contribution >= 4 is 23.6 Å². The van der Waals surface area contributed by atoms with E-state index in [1.807, 2.05) is 11.8 Å². The summed E-state index contributed by atoms with van der Waals surface area (Å²) in [4.78, 5) is 27.9. The second-order valence-electron chi connectivity index (χ2n) is 5.99. The molecule has 0 spiro atoms. The number of amides is 2. The first-order chi connectivity index (χ1) is 12.3. The molecule has 2 amide bonds. The van der Waals surface area contributed by atoms with Crippen molar-refractivity contribution in [2.24, 2.45) is 0 Å². The van der Waals surface area contributed by atoms with E-state index in [1.165, 1.54) is 24.3 Å². The number of hydrogen-bond donors (Lipinski definition) is 1. The van der Waals surface area contributed by atoms with Crippen LogP contribution in [-0.2, 0) is 4.79 Å². The van der Waals surface area contributed by atoms with Gasteiger partial charge in [-0.15, -0.1) is 0 Å². The van der Waals surface area contributed by atoms with Crippen molar-refractivity contribution in [3.63, 3.8) is 0 Å². The lowest BCUT2D eigenvalue weighted by Crippen LogP contribution is -2.51. The summed E-state index contributed by atoms with van der Waals surface area (Å²) in [6, 6.07) is 5.45. The molecular formula is C17H22F3N3O2S. The van der Waals surface area contributed by atoms with E-state index in [9.17, 15) is 22.8 Å². The minimum atomic E-state index is -4.34. The molecule has 1 aromatic carbocycles. The number of nitrogens with one attached hydrogen (secondary N) is 1. The monoisotopic (exact) mass is 389 g/mol. The van der Waals surface area contributed by atoms with Gasteiger partial charge in [0.15, 0.2) is 0 Å². The first-order valence-electron chi connectivity index (χ1n) is 8.42. The molecule has 0 bridgehead atoms. The molecule has 0 unspecified atom stereocenters. The number of rotatable bonds is 6. The van der Waals surface area contributed by atoms with Crippen molar-refractivity contribution in [1.29, 1.82) is 0 Å². The lowest BCUT2D eigenvalue weighted by molar-refractivity contribution is -0.122. The van der Waals surface area contributed by atoms with Crippen LogP contribution in [0, 0.1) is 0 Å². The highest BCUT2D eigenvalue weighted by atomic mass is 32.2. The van der Waals surface area contributed by atoms with Gasteiger partial charge >= 0.3 is 5.51 Å². The fraction of sp³-hybridized carbons (Fsp3) is 0.529. The quantitative estimate of drug-likeness (QED) is 0.760. The summed E-state index contributed by atoms with van der Waals surface area (Å²) < 4.78 is 37.0. The van der Waals surface area contributed by atoms with Crippen LogP contribution in [0.25, 0.3) is 0 Å². The van der Waals surface area contributed by atoms with E-state index in [1.54, 1.807) is 4.90 Å². The standard InChI is InChI=1S/C17H22F3N3O2S/c1-2-7-21-15(24)12-22-8-10-23(11-9-22)16(25)13-3-5-14(6-4-13)26-17(18,19)20/h3-6H,2,7-12H2,1H3,(H,21,24). The number of piperazine rings is 1. The molecule has 1 saturated heterocycles. The van der Waals surface area contributed by atoms with Crippen LogP contribution in [-0.4, -0.2) is 66.4 Å². The summed E-state index contributed by atoms with van der Waals surface area (Å²) in [5, 5.41) is 2.82. The third-order valence-corrected chi connectivity index (χ3v) is 4.67. The van der Waals surface area contributed by atoms with Crippen LogP contribution >= 0.6 is 11.8 Å². The van der Waals surface area contributed by atoms with Gasteiger partial charge in [-0.1, -0.05) is 6.92 Å². The Bertz CT molecular complexity index is 615. The molecule has 0 aromatic heterocycles. The van der Waals surface area contributed by atoms with Crippen molar-refractivity contribution in [2.45, 2.75) is 23.7 Å². The third kappa shape index (κ3) is 6.53. The van der Waals surface area contributed by atoms with Crippen LogP contribution in [0.2, 0.25) is 0 Å². The Morgan fingerprint density at radius 1 is 1.12 bits per heavy atom. The van der Waals surface area contributed by atoms with E-state index in [0.717, 1.165) is 6.42 Å². The van der Waals surface area contributed by atoms with E-state index in [0.29, 0.717) is 44.8 Å². The van der Waals surface area contributed by atoms with Crippen molar-refractivity contribution in [2.75, 3.05) is 39.3 Å². The number of carbonyl (C=O) groups excluding carboxylic acids is 2. The van der Waals surface area contributed by atoms with Crippen LogP contribution in [0.4, 0.5) is 13.2 Å². The third-order valence-electron chi connectivity index (χ3n) is 3.93. The average molecular weight is 389 g/mol. The topological polar surface area (TPSA) is 52.7 Å². The van der Waals surface area contributed by atoms with Gasteiger partial charge in [-0.25, -0.2) is 0 Å². The number of thioether (sulfide) groups is 1. The Kier molecular flexibility index (Phi) is 7.33. The molecule has 9 heteroatoms. The van der Waals surface area contributed by atoms with Gasteiger partial charge in [0.25, 0.3) is 5.91 Å². The predicted molar refractivity (Wildman–Crippen MR) is 94.0 cm³/mol. The maximum atomic E-state index is 12.5. The van der Waals surface area contributed by atoms with Crippen molar-refractivity contribution < 1.29 is 22.8 Å². The number of carbonyl (C=O) groups is 2. The minimum absolute atomic E-state index is 0.0237. The van der Waals surface area contributed by atoms with Crippen LogP contribution in [0.5, 0.6) is 0 Å². The highest BCUT2D eigenvalue weighted by Crippen LogP contribution is 2.36. The van der Waals surface area contributed by atoms with E-state index >= 15 is 0 Å². The van der Waals surface area contributed by atoms with Crippen LogP contribution in [0.15, 0.2) is 29.2 Å². The van der Waals surface area contributed by atoms with Gasteiger partial charge in [-0.3, -0.25) is 14.5 Å². The van der Waals surface area contributed by atoms with E-state index in [-0.39, 0.29) is 28.5 Å². The van der Waals surface area contributed by atoms with Gasteiger partial charge in [0.2, 0.25) is 5.91 Å². The van der Waals surface area contributed by atoms with Crippen LogP contribution < -0.4 is 5.32 Å². The molecule has 1 aliphatic rings. The SMILES string of the molecule is CCCNC(=O)CN1CCN(C(=O)c2ccc(SC(F)(F)F)cc2)CC1. The molecule has 1 fully saturated rings. The zero-order valence-electron chi connectivity index (χ0n) is 14.5. The van der Waals surface area contributed by atoms with Crippen LogP contribution in [0.3, 0.4) is 0 Å². The number of halogens is 3. The number of alkyl halides is 3. The fourth-order valence-corrected chi connectivity index (χ4v) is 3.15. The second-order valence-corrected chi connectivity index (χ2v) is 7.13. The molecule has 1 N–H and O–H groups in total. The largest absolute Gasteiger partial charge is 0.446 e. The zero-order chi connectivity index (χ0) is 19.2. The molecule has 0 atom stereocenters. The number of benzene rings is 1. The molecule has 26 heavy (non-hydrogen) atoms. The predicted octanol–water partition coefficient (Wildman–Crippen LogP) is 2.58. The van der Waals surface area contributed by atoms with Gasteiger partial charge in [-0.05, 0) is 42.4 Å². The highest BCUT2D eigenvalue weighted by Gasteiger charge is 2.29. The van der Waals surface area contributed by atoms with E-state index in [4.69, 9.17) is 0 Å². The molecule has 0 aliphatic carbocycles. The van der Waals surface area contributed by atoms with Crippen molar-refractivity contribution in [3.8, 4) is 0 Å².